The summed E-state index contributed by atoms with van der Waals surface area (Å²) < 4.78 is 5.41. The van der Waals surface area contributed by atoms with Gasteiger partial charge >= 0.3 is 5.97 Å². The Morgan fingerprint density at radius 2 is 1.33 bits per heavy atom. The van der Waals surface area contributed by atoms with Gasteiger partial charge in [-0.2, -0.15) is 0 Å². The van der Waals surface area contributed by atoms with E-state index in [9.17, 15) is 34.9 Å². The lowest BCUT2D eigenvalue weighted by Crippen LogP contribution is -2.50. The zero-order chi connectivity index (χ0) is 26.9. The first-order valence-corrected chi connectivity index (χ1v) is 10.8. The van der Waals surface area contributed by atoms with E-state index in [0.717, 1.165) is 0 Å². The second-order valence-electron chi connectivity index (χ2n) is 8.68. The predicted molar refractivity (Wildman–Crippen MR) is 124 cm³/mol. The number of aliphatic hydroxyl groups is 1. The molecular formula is C23H27N3O10. The van der Waals surface area contributed by atoms with E-state index in [-0.39, 0.29) is 25.3 Å². The molecule has 1 amide bonds. The summed E-state index contributed by atoms with van der Waals surface area (Å²) in [4.78, 5) is 56.5. The molecule has 1 atom stereocenters. The highest BCUT2D eigenvalue weighted by molar-refractivity contribution is 5.95. The van der Waals surface area contributed by atoms with Gasteiger partial charge in [0.05, 0.1) is 18.7 Å². The minimum absolute atomic E-state index is 0.106. The van der Waals surface area contributed by atoms with Gasteiger partial charge in [0.15, 0.2) is 0 Å². The van der Waals surface area contributed by atoms with E-state index >= 15 is 0 Å². The number of rotatable bonds is 12. The van der Waals surface area contributed by atoms with Crippen LogP contribution in [-0.4, -0.2) is 56.9 Å². The number of amides is 1. The molecule has 0 fully saturated rings. The quantitative estimate of drug-likeness (QED) is 0.257. The number of esters is 1. The second-order valence-corrected chi connectivity index (χ2v) is 8.68. The lowest BCUT2D eigenvalue weighted by molar-refractivity contribution is -0.763. The average Bonchev–Trinajstić information content (AvgIpc) is 2.83. The number of hydrogen-bond acceptors (Lipinski definition) is 10. The summed E-state index contributed by atoms with van der Waals surface area (Å²) in [5.74, 6) is -1.14. The molecule has 13 nitrogen and oxygen atoms in total. The fourth-order valence-electron chi connectivity index (χ4n) is 3.11. The van der Waals surface area contributed by atoms with Crippen molar-refractivity contribution in [3.63, 3.8) is 0 Å². The Kier molecular flexibility index (Phi) is 9.67. The summed E-state index contributed by atoms with van der Waals surface area (Å²) in [5, 5.41) is 28.6. The Bertz CT molecular complexity index is 1070. The van der Waals surface area contributed by atoms with Crippen LogP contribution < -0.4 is 0 Å². The summed E-state index contributed by atoms with van der Waals surface area (Å²) in [6.07, 6.45) is -1.04. The molecule has 0 aromatic heterocycles. The molecule has 0 saturated heterocycles. The summed E-state index contributed by atoms with van der Waals surface area (Å²) in [6.45, 7) is 4.18. The van der Waals surface area contributed by atoms with Gasteiger partial charge in [0.1, 0.15) is 19.3 Å². The summed E-state index contributed by atoms with van der Waals surface area (Å²) in [7, 11) is 0. The molecule has 0 saturated carbocycles. The van der Waals surface area contributed by atoms with Gasteiger partial charge in [0.2, 0.25) is 0 Å². The van der Waals surface area contributed by atoms with Crippen molar-refractivity contribution in [2.45, 2.75) is 45.6 Å². The Hall–Kier alpha value is -4.26. The lowest BCUT2D eigenvalue weighted by atomic mass is 10.0. The molecule has 0 aliphatic rings. The van der Waals surface area contributed by atoms with E-state index in [4.69, 9.17) is 4.74 Å². The fraction of sp³-hybridized carbons (Fsp3) is 0.391. The molecule has 0 heterocycles. The van der Waals surface area contributed by atoms with Gasteiger partial charge in [-0.3, -0.25) is 4.79 Å². The van der Waals surface area contributed by atoms with E-state index < -0.39 is 40.3 Å². The number of hydrogen-bond donors (Lipinski definition) is 1. The molecule has 1 N–H and O–H groups in total. The van der Waals surface area contributed by atoms with Crippen molar-refractivity contribution in [3.05, 3.63) is 91.0 Å². The third-order valence-corrected chi connectivity index (χ3v) is 4.98. The highest BCUT2D eigenvalue weighted by atomic mass is 17.0. The van der Waals surface area contributed by atoms with Crippen molar-refractivity contribution in [2.24, 2.45) is 0 Å². The van der Waals surface area contributed by atoms with Gasteiger partial charge < -0.3 is 24.4 Å². The van der Waals surface area contributed by atoms with Crippen LogP contribution in [0.2, 0.25) is 0 Å². The van der Waals surface area contributed by atoms with Crippen LogP contribution in [0.3, 0.4) is 0 Å². The van der Waals surface area contributed by atoms with E-state index in [1.54, 1.807) is 20.8 Å². The summed E-state index contributed by atoms with van der Waals surface area (Å²) in [6, 6.07) is 11.8. The molecule has 36 heavy (non-hydrogen) atoms. The molecule has 2 rings (SSSR count). The van der Waals surface area contributed by atoms with Crippen LogP contribution in [0.25, 0.3) is 0 Å². The Balaban J connectivity index is 2.09. The highest BCUT2D eigenvalue weighted by Crippen LogP contribution is 2.20. The first-order chi connectivity index (χ1) is 16.9. The van der Waals surface area contributed by atoms with E-state index in [1.807, 2.05) is 0 Å². The van der Waals surface area contributed by atoms with Crippen LogP contribution in [-0.2, 0) is 27.6 Å². The smallest absolute Gasteiger partial charge is 0.338 e. The van der Waals surface area contributed by atoms with Crippen LogP contribution in [0, 0.1) is 20.2 Å². The number of carbonyl (C=O) groups is 2. The maximum absolute atomic E-state index is 13.2. The number of aliphatic hydroxyl groups excluding tert-OH is 1. The second kappa shape index (κ2) is 12.4. The predicted octanol–water partition coefficient (Wildman–Crippen LogP) is 2.56. The Morgan fingerprint density at radius 1 is 0.889 bits per heavy atom. The molecule has 0 spiro atoms. The molecular weight excluding hydrogens is 478 g/mol. The van der Waals surface area contributed by atoms with Crippen LogP contribution in [0.1, 0.15) is 52.6 Å². The Morgan fingerprint density at radius 3 is 1.72 bits per heavy atom. The minimum Gasteiger partial charge on any atom is -0.454 e. The third kappa shape index (κ3) is 8.51. The van der Waals surface area contributed by atoms with Gasteiger partial charge in [0.25, 0.3) is 16.1 Å². The molecule has 0 aliphatic heterocycles. The van der Waals surface area contributed by atoms with E-state index in [1.165, 1.54) is 53.4 Å². The van der Waals surface area contributed by atoms with Crippen molar-refractivity contribution in [3.8, 4) is 0 Å². The standard InChI is InChI=1S/C23H27N3O10/c1-23(2,3)24(21(28)18-8-4-16(5-9-18)14-34-25(30)31)12-20(13-27)36-22(29)19-10-6-17(7-11-19)15-35-26(32)33/h4-11,20,27H,12-15H2,1-3H3. The van der Waals surface area contributed by atoms with E-state index in [0.29, 0.717) is 16.7 Å². The number of carbonyl (C=O) groups excluding carboxylic acids is 2. The van der Waals surface area contributed by atoms with Crippen molar-refractivity contribution in [2.75, 3.05) is 13.2 Å². The van der Waals surface area contributed by atoms with Gasteiger partial charge in [-0.1, -0.05) is 24.3 Å². The first-order valence-electron chi connectivity index (χ1n) is 10.8. The minimum atomic E-state index is -1.04. The Labute approximate surface area is 206 Å². The molecule has 0 bridgehead atoms. The van der Waals surface area contributed by atoms with Gasteiger partial charge in [-0.25, -0.2) is 4.79 Å². The largest absolute Gasteiger partial charge is 0.454 e. The monoisotopic (exact) mass is 505 g/mol. The molecule has 13 heteroatoms. The van der Waals surface area contributed by atoms with Crippen molar-refractivity contribution in [1.82, 2.24) is 4.90 Å². The van der Waals surface area contributed by atoms with Crippen molar-refractivity contribution < 1.29 is 39.3 Å². The van der Waals surface area contributed by atoms with Crippen molar-refractivity contribution >= 4 is 11.9 Å². The number of nitrogens with zero attached hydrogens (tertiary/aromatic N) is 3. The third-order valence-electron chi connectivity index (χ3n) is 4.98. The lowest BCUT2D eigenvalue weighted by Gasteiger charge is -2.37. The van der Waals surface area contributed by atoms with Gasteiger partial charge in [-0.15, -0.1) is 20.2 Å². The van der Waals surface area contributed by atoms with Crippen molar-refractivity contribution in [1.29, 1.82) is 0 Å². The van der Waals surface area contributed by atoms with Crippen LogP contribution in [0.15, 0.2) is 48.5 Å². The van der Waals surface area contributed by atoms with Gasteiger partial charge in [0, 0.05) is 11.1 Å². The molecule has 2 aromatic rings. The molecule has 194 valence electrons. The SMILES string of the molecule is CC(C)(C)N(CC(CO)OC(=O)c1ccc(CO[N+](=O)[O-])cc1)C(=O)c1ccc(CO[N+](=O)[O-])cc1. The zero-order valence-corrected chi connectivity index (χ0v) is 20.0. The average molecular weight is 505 g/mol. The molecule has 1 unspecified atom stereocenters. The summed E-state index contributed by atoms with van der Waals surface area (Å²) >= 11 is 0. The fourth-order valence-corrected chi connectivity index (χ4v) is 3.11. The summed E-state index contributed by atoms with van der Waals surface area (Å²) in [5.41, 5.74) is 0.721. The number of benzene rings is 2. The molecule has 2 aromatic carbocycles. The van der Waals surface area contributed by atoms with Crippen LogP contribution >= 0.6 is 0 Å². The zero-order valence-electron chi connectivity index (χ0n) is 20.0. The topological polar surface area (TPSA) is 172 Å². The molecule has 0 aliphatic carbocycles. The van der Waals surface area contributed by atoms with Crippen LogP contribution in [0.5, 0.6) is 0 Å². The maximum Gasteiger partial charge on any atom is 0.338 e. The highest BCUT2D eigenvalue weighted by Gasteiger charge is 2.31. The van der Waals surface area contributed by atoms with Gasteiger partial charge in [-0.05, 0) is 56.2 Å². The maximum atomic E-state index is 13.2. The van der Waals surface area contributed by atoms with E-state index in [2.05, 4.69) is 9.68 Å². The van der Waals surface area contributed by atoms with Crippen LogP contribution in [0.4, 0.5) is 0 Å². The molecule has 0 radical (unpaired) electrons. The normalized spacial score (nSPS) is 11.8. The first kappa shape index (κ1) is 28.0. The number of ether oxygens (including phenoxy) is 1.